The second kappa shape index (κ2) is 6.67. The van der Waals surface area contributed by atoms with Crippen molar-refractivity contribution in [3.8, 4) is 0 Å². The van der Waals surface area contributed by atoms with Crippen molar-refractivity contribution in [2.24, 2.45) is 0 Å². The molecule has 2 rings (SSSR count). The maximum absolute atomic E-state index is 8.55. The smallest absolute Gasteiger partial charge is 0.822 e. The summed E-state index contributed by atoms with van der Waals surface area (Å²) in [5, 5.41) is 0. The molecule has 1 aromatic carbocycles. The van der Waals surface area contributed by atoms with E-state index in [4.69, 9.17) is 25.0 Å². The monoisotopic (exact) mass is 267 g/mol. The summed E-state index contributed by atoms with van der Waals surface area (Å²) in [6, 6.07) is 7.63. The Morgan fingerprint density at radius 3 is 2.12 bits per heavy atom. The van der Waals surface area contributed by atoms with Gasteiger partial charge in [0.1, 0.15) is 5.82 Å². The first-order chi connectivity index (χ1) is 7.36. The molecule has 7 nitrogen and oxygen atoms in total. The summed E-state index contributed by atoms with van der Waals surface area (Å²) >= 11 is 0. The van der Waals surface area contributed by atoms with E-state index < -0.39 is 7.82 Å². The van der Waals surface area contributed by atoms with Gasteiger partial charge in [-0.25, -0.2) is 4.98 Å². The SMILES string of the molecule is Nc1cnc2ccccc2n1.O=P([O-])([O-])[O-].[Al+3]. The minimum Gasteiger partial charge on any atom is -0.822 e. The van der Waals surface area contributed by atoms with Crippen molar-refractivity contribution in [1.29, 1.82) is 0 Å². The number of rotatable bonds is 0. The van der Waals surface area contributed by atoms with Crippen LogP contribution in [0.3, 0.4) is 0 Å². The van der Waals surface area contributed by atoms with Gasteiger partial charge in [0.25, 0.3) is 0 Å². The molecule has 0 aliphatic heterocycles. The molecular formula is C8H7AlN3O4P. The van der Waals surface area contributed by atoms with E-state index in [9.17, 15) is 0 Å². The zero-order valence-electron chi connectivity index (χ0n) is 8.52. The van der Waals surface area contributed by atoms with E-state index in [1.54, 1.807) is 6.20 Å². The largest absolute Gasteiger partial charge is 3.00 e. The second-order valence-electron chi connectivity index (χ2n) is 2.73. The first-order valence-corrected chi connectivity index (χ1v) is 5.52. The summed E-state index contributed by atoms with van der Waals surface area (Å²) in [5.41, 5.74) is 7.17. The van der Waals surface area contributed by atoms with Crippen LogP contribution in [0.2, 0.25) is 0 Å². The predicted octanol–water partition coefficient (Wildman–Crippen LogP) is -1.99. The van der Waals surface area contributed by atoms with Crippen LogP contribution in [-0.2, 0) is 4.57 Å². The summed E-state index contributed by atoms with van der Waals surface area (Å²) < 4.78 is 8.55. The number of nitrogens with zero attached hydrogens (tertiary/aromatic N) is 2. The van der Waals surface area contributed by atoms with Crippen LogP contribution in [0, 0.1) is 0 Å². The van der Waals surface area contributed by atoms with Gasteiger partial charge in [0.15, 0.2) is 0 Å². The average molecular weight is 267 g/mol. The van der Waals surface area contributed by atoms with Crippen LogP contribution in [0.1, 0.15) is 0 Å². The average Bonchev–Trinajstić information content (AvgIpc) is 2.15. The van der Waals surface area contributed by atoms with Crippen LogP contribution in [-0.4, -0.2) is 27.3 Å². The Kier molecular flexibility index (Phi) is 6.28. The second-order valence-corrected chi connectivity index (χ2v) is 3.63. The van der Waals surface area contributed by atoms with Gasteiger partial charge in [-0.15, -0.1) is 0 Å². The molecule has 0 bridgehead atoms. The Hall–Kier alpha value is -0.998. The van der Waals surface area contributed by atoms with Crippen molar-refractivity contribution in [3.05, 3.63) is 30.5 Å². The first-order valence-electron chi connectivity index (χ1n) is 4.06. The number of phosphoric acid groups is 1. The van der Waals surface area contributed by atoms with Crippen LogP contribution < -0.4 is 20.4 Å². The number of nitrogens with two attached hydrogens (primary N) is 1. The van der Waals surface area contributed by atoms with Crippen LogP contribution >= 0.6 is 7.82 Å². The van der Waals surface area contributed by atoms with Crippen molar-refractivity contribution < 1.29 is 19.2 Å². The number of anilines is 1. The molecule has 0 spiro atoms. The molecule has 9 heteroatoms. The third kappa shape index (κ3) is 7.02. The fourth-order valence-electron chi connectivity index (χ4n) is 0.972. The van der Waals surface area contributed by atoms with Crippen LogP contribution in [0.5, 0.6) is 0 Å². The van der Waals surface area contributed by atoms with Crippen molar-refractivity contribution in [1.82, 2.24) is 9.97 Å². The quantitative estimate of drug-likeness (QED) is 0.430. The topological polar surface area (TPSA) is 138 Å². The molecule has 1 heterocycles. The first kappa shape index (κ1) is 16.0. The number of benzene rings is 1. The molecule has 0 aliphatic carbocycles. The van der Waals surface area contributed by atoms with Gasteiger partial charge in [-0.2, -0.15) is 7.82 Å². The van der Waals surface area contributed by atoms with Gasteiger partial charge < -0.3 is 25.0 Å². The number of hydrogen-bond acceptors (Lipinski definition) is 7. The summed E-state index contributed by atoms with van der Waals surface area (Å²) in [4.78, 5) is 33.8. The van der Waals surface area contributed by atoms with Gasteiger partial charge in [-0.05, 0) is 12.1 Å². The van der Waals surface area contributed by atoms with Gasteiger partial charge in [0.05, 0.1) is 17.2 Å². The van der Waals surface area contributed by atoms with Gasteiger partial charge >= 0.3 is 17.4 Å². The number of hydrogen-bond donors (Lipinski definition) is 1. The predicted molar refractivity (Wildman–Crippen MR) is 57.3 cm³/mol. The normalized spacial score (nSPS) is 10.1. The molecule has 0 amide bonds. The third-order valence-corrected chi connectivity index (χ3v) is 1.47. The van der Waals surface area contributed by atoms with Gasteiger partial charge in [0, 0.05) is 0 Å². The summed E-state index contributed by atoms with van der Waals surface area (Å²) in [5.74, 6) is 0.462. The molecular weight excluding hydrogens is 260 g/mol. The number of nitrogen functional groups attached to an aromatic ring is 1. The molecule has 0 atom stereocenters. The molecule has 0 aliphatic rings. The summed E-state index contributed by atoms with van der Waals surface area (Å²) in [6.45, 7) is 0. The fraction of sp³-hybridized carbons (Fsp3) is 0. The Labute approximate surface area is 108 Å². The molecule has 0 unspecified atom stereocenters. The van der Waals surface area contributed by atoms with Gasteiger partial charge in [0.2, 0.25) is 0 Å². The van der Waals surface area contributed by atoms with Crippen molar-refractivity contribution in [2.45, 2.75) is 0 Å². The molecule has 0 saturated carbocycles. The molecule has 2 N–H and O–H groups in total. The molecule has 2 aromatic rings. The standard InChI is InChI=1S/C8H7N3.Al.H3O4P/c9-8-5-10-6-3-1-2-4-7(6)11-8;;1-5(2,3)4/h1-5H,(H2,9,11);;(H3,1,2,3,4)/q;+3;/p-3. The zero-order chi connectivity index (χ0) is 12.2. The van der Waals surface area contributed by atoms with E-state index in [0.29, 0.717) is 5.82 Å². The molecule has 86 valence electrons. The van der Waals surface area contributed by atoms with Crippen LogP contribution in [0.25, 0.3) is 11.0 Å². The van der Waals surface area contributed by atoms with E-state index >= 15 is 0 Å². The maximum Gasteiger partial charge on any atom is 3.00 e. The van der Waals surface area contributed by atoms with E-state index in [0.717, 1.165) is 11.0 Å². The van der Waals surface area contributed by atoms with Gasteiger partial charge in [-0.1, -0.05) is 12.1 Å². The summed E-state index contributed by atoms with van der Waals surface area (Å²) in [7, 11) is -5.39. The Bertz CT molecular complexity index is 525. The zero-order valence-corrected chi connectivity index (χ0v) is 10.6. The third-order valence-electron chi connectivity index (χ3n) is 1.47. The number of para-hydroxylation sites is 2. The maximum atomic E-state index is 8.55. The van der Waals surface area contributed by atoms with Crippen LogP contribution in [0.4, 0.5) is 5.82 Å². The van der Waals surface area contributed by atoms with Crippen molar-refractivity contribution in [2.75, 3.05) is 5.73 Å². The van der Waals surface area contributed by atoms with Crippen molar-refractivity contribution >= 4 is 42.0 Å². The van der Waals surface area contributed by atoms with Gasteiger partial charge in [-0.3, -0.25) is 4.98 Å². The fourth-order valence-corrected chi connectivity index (χ4v) is 0.972. The minimum absolute atomic E-state index is 0. The van der Waals surface area contributed by atoms with E-state index in [1.165, 1.54) is 0 Å². The Morgan fingerprint density at radius 2 is 1.59 bits per heavy atom. The summed E-state index contributed by atoms with van der Waals surface area (Å²) in [6.07, 6.45) is 1.56. The Balaban J connectivity index is 0.000000373. The van der Waals surface area contributed by atoms with E-state index in [2.05, 4.69) is 9.97 Å². The van der Waals surface area contributed by atoms with Crippen molar-refractivity contribution in [3.63, 3.8) is 0 Å². The van der Waals surface area contributed by atoms with E-state index in [1.807, 2.05) is 24.3 Å². The molecule has 0 saturated heterocycles. The van der Waals surface area contributed by atoms with Crippen LogP contribution in [0.15, 0.2) is 30.5 Å². The number of fused-ring (bicyclic) bond motifs is 1. The minimum atomic E-state index is -5.39. The Morgan fingerprint density at radius 1 is 1.12 bits per heavy atom. The molecule has 17 heavy (non-hydrogen) atoms. The molecule has 0 fully saturated rings. The molecule has 1 aromatic heterocycles. The van der Waals surface area contributed by atoms with E-state index in [-0.39, 0.29) is 17.4 Å². The molecule has 0 radical (unpaired) electrons. The number of aromatic nitrogens is 2.